The van der Waals surface area contributed by atoms with E-state index in [2.05, 4.69) is 26.1 Å². The third kappa shape index (κ3) is 2.63. The van der Waals surface area contributed by atoms with Gasteiger partial charge in [-0.1, -0.05) is 32.0 Å². The van der Waals surface area contributed by atoms with Crippen molar-refractivity contribution in [2.45, 2.75) is 39.7 Å². The molecule has 0 heterocycles. The van der Waals surface area contributed by atoms with Gasteiger partial charge in [-0.05, 0) is 37.2 Å². The van der Waals surface area contributed by atoms with Gasteiger partial charge < -0.3 is 10.4 Å². The van der Waals surface area contributed by atoms with Gasteiger partial charge in [-0.2, -0.15) is 0 Å². The van der Waals surface area contributed by atoms with Crippen LogP contribution in [0.5, 0.6) is 5.75 Å². The van der Waals surface area contributed by atoms with E-state index in [1.807, 2.05) is 18.2 Å². The Labute approximate surface area is 104 Å². The molecule has 0 aliphatic heterocycles. The van der Waals surface area contributed by atoms with Gasteiger partial charge in [0.2, 0.25) is 0 Å². The summed E-state index contributed by atoms with van der Waals surface area (Å²) in [5, 5.41) is 13.4. The first-order chi connectivity index (χ1) is 8.05. The van der Waals surface area contributed by atoms with Crippen LogP contribution in [0, 0.1) is 11.3 Å². The lowest BCUT2D eigenvalue weighted by atomic mass is 9.92. The van der Waals surface area contributed by atoms with Crippen molar-refractivity contribution in [2.24, 2.45) is 11.3 Å². The summed E-state index contributed by atoms with van der Waals surface area (Å²) in [6.07, 6.45) is 2.68. The molecule has 94 valence electrons. The van der Waals surface area contributed by atoms with Gasteiger partial charge >= 0.3 is 0 Å². The topological polar surface area (TPSA) is 32.3 Å². The van der Waals surface area contributed by atoms with E-state index < -0.39 is 0 Å². The summed E-state index contributed by atoms with van der Waals surface area (Å²) in [6.45, 7) is 7.78. The predicted molar refractivity (Wildman–Crippen MR) is 71.0 cm³/mol. The molecule has 1 fully saturated rings. The number of para-hydroxylation sites is 1. The lowest BCUT2D eigenvalue weighted by molar-refractivity contribution is 0.323. The van der Waals surface area contributed by atoms with Crippen LogP contribution in [-0.4, -0.2) is 11.7 Å². The lowest BCUT2D eigenvalue weighted by Crippen LogP contribution is -2.29. The van der Waals surface area contributed by atoms with Gasteiger partial charge in [-0.15, -0.1) is 0 Å². The van der Waals surface area contributed by atoms with Gasteiger partial charge in [0, 0.05) is 18.2 Å². The first-order valence-corrected chi connectivity index (χ1v) is 6.56. The Kier molecular flexibility index (Phi) is 3.43. The zero-order valence-corrected chi connectivity index (χ0v) is 11.0. The number of benzene rings is 1. The molecule has 1 atom stereocenters. The van der Waals surface area contributed by atoms with Gasteiger partial charge in [0.15, 0.2) is 0 Å². The molecule has 1 unspecified atom stereocenters. The third-order valence-electron chi connectivity index (χ3n) is 4.28. The fraction of sp³-hybridized carbons (Fsp3) is 0.600. The molecule has 0 amide bonds. The average Bonchev–Trinajstić information content (AvgIpc) is 3.07. The maximum Gasteiger partial charge on any atom is 0.120 e. The van der Waals surface area contributed by atoms with Gasteiger partial charge in [-0.3, -0.25) is 0 Å². The van der Waals surface area contributed by atoms with E-state index in [0.29, 0.717) is 11.2 Å². The molecular formula is C15H23NO. The van der Waals surface area contributed by atoms with Crippen molar-refractivity contribution in [3.05, 3.63) is 29.8 Å². The average molecular weight is 233 g/mol. The Balaban J connectivity index is 1.94. The minimum Gasteiger partial charge on any atom is -0.508 e. The Morgan fingerprint density at radius 2 is 1.88 bits per heavy atom. The Bertz CT molecular complexity index is 382. The normalized spacial score (nSPS) is 19.3. The van der Waals surface area contributed by atoms with Gasteiger partial charge in [0.25, 0.3) is 0 Å². The maximum absolute atomic E-state index is 9.80. The van der Waals surface area contributed by atoms with Crippen molar-refractivity contribution in [1.82, 2.24) is 5.32 Å². The van der Waals surface area contributed by atoms with Crippen molar-refractivity contribution in [3.8, 4) is 5.75 Å². The first-order valence-electron chi connectivity index (χ1n) is 6.56. The van der Waals surface area contributed by atoms with Crippen LogP contribution in [0.3, 0.4) is 0 Å². The van der Waals surface area contributed by atoms with Crippen LogP contribution < -0.4 is 5.32 Å². The van der Waals surface area contributed by atoms with Crippen molar-refractivity contribution in [3.63, 3.8) is 0 Å². The molecule has 0 spiro atoms. The summed E-state index contributed by atoms with van der Waals surface area (Å²) in [4.78, 5) is 0. The van der Waals surface area contributed by atoms with Crippen molar-refractivity contribution in [2.75, 3.05) is 6.54 Å². The molecule has 17 heavy (non-hydrogen) atoms. The maximum atomic E-state index is 9.80. The first kappa shape index (κ1) is 12.4. The third-order valence-corrected chi connectivity index (χ3v) is 4.28. The summed E-state index contributed by atoms with van der Waals surface area (Å²) in [6, 6.07) is 7.79. The minimum absolute atomic E-state index is 0.215. The van der Waals surface area contributed by atoms with Crippen LogP contribution in [0.1, 0.15) is 45.2 Å². The molecule has 1 saturated carbocycles. The van der Waals surface area contributed by atoms with Gasteiger partial charge in [0.05, 0.1) is 0 Å². The number of phenolic OH excluding ortho intramolecular Hbond substituents is 1. The molecule has 1 aliphatic carbocycles. The quantitative estimate of drug-likeness (QED) is 0.816. The number of nitrogens with one attached hydrogen (secondary N) is 1. The van der Waals surface area contributed by atoms with Crippen LogP contribution >= 0.6 is 0 Å². The fourth-order valence-electron chi connectivity index (χ4n) is 2.44. The van der Waals surface area contributed by atoms with E-state index in [1.165, 1.54) is 12.8 Å². The zero-order valence-electron chi connectivity index (χ0n) is 11.0. The molecule has 1 aromatic carbocycles. The van der Waals surface area contributed by atoms with Crippen LogP contribution in [-0.2, 0) is 0 Å². The smallest absolute Gasteiger partial charge is 0.120 e. The summed E-state index contributed by atoms with van der Waals surface area (Å²) in [5.74, 6) is 1.13. The highest BCUT2D eigenvalue weighted by atomic mass is 16.3. The van der Waals surface area contributed by atoms with Crippen LogP contribution in [0.25, 0.3) is 0 Å². The zero-order chi connectivity index (χ0) is 12.5. The number of phenols is 1. The van der Waals surface area contributed by atoms with E-state index in [1.54, 1.807) is 6.07 Å². The number of hydrogen-bond acceptors (Lipinski definition) is 2. The van der Waals surface area contributed by atoms with Crippen molar-refractivity contribution in [1.29, 1.82) is 0 Å². The molecule has 2 nitrogen and oxygen atoms in total. The molecule has 2 heteroatoms. The summed E-state index contributed by atoms with van der Waals surface area (Å²) >= 11 is 0. The van der Waals surface area contributed by atoms with Crippen molar-refractivity contribution < 1.29 is 5.11 Å². The minimum atomic E-state index is 0.215. The molecule has 2 N–H and O–H groups in total. The number of hydrogen-bond donors (Lipinski definition) is 2. The van der Waals surface area contributed by atoms with Gasteiger partial charge in [-0.25, -0.2) is 0 Å². The van der Waals surface area contributed by atoms with E-state index in [9.17, 15) is 5.11 Å². The summed E-state index contributed by atoms with van der Waals surface area (Å²) in [7, 11) is 0. The number of aromatic hydroxyl groups is 1. The second-order valence-electron chi connectivity index (χ2n) is 5.68. The molecule has 0 bridgehead atoms. The molecule has 0 saturated heterocycles. The summed E-state index contributed by atoms with van der Waals surface area (Å²) in [5.41, 5.74) is 1.51. The second kappa shape index (κ2) is 4.69. The largest absolute Gasteiger partial charge is 0.508 e. The van der Waals surface area contributed by atoms with E-state index in [4.69, 9.17) is 0 Å². The van der Waals surface area contributed by atoms with Crippen molar-refractivity contribution >= 4 is 0 Å². The second-order valence-corrected chi connectivity index (χ2v) is 5.68. The van der Waals surface area contributed by atoms with Crippen LogP contribution in [0.4, 0.5) is 0 Å². The van der Waals surface area contributed by atoms with E-state index >= 15 is 0 Å². The molecule has 1 aliphatic rings. The summed E-state index contributed by atoms with van der Waals surface area (Å²) < 4.78 is 0. The monoisotopic (exact) mass is 233 g/mol. The highest BCUT2D eigenvalue weighted by Gasteiger charge is 2.44. The fourth-order valence-corrected chi connectivity index (χ4v) is 2.44. The Morgan fingerprint density at radius 1 is 1.24 bits per heavy atom. The number of rotatable bonds is 5. The van der Waals surface area contributed by atoms with E-state index in [-0.39, 0.29) is 6.04 Å². The Morgan fingerprint density at radius 3 is 2.41 bits per heavy atom. The lowest BCUT2D eigenvalue weighted by Gasteiger charge is -2.23. The molecular weight excluding hydrogens is 210 g/mol. The van der Waals surface area contributed by atoms with Crippen LogP contribution in [0.2, 0.25) is 0 Å². The van der Waals surface area contributed by atoms with Crippen LogP contribution in [0.15, 0.2) is 24.3 Å². The Hall–Kier alpha value is -1.02. The molecule has 2 rings (SSSR count). The molecule has 1 aromatic rings. The standard InChI is InChI=1S/C15H23NO/c1-11(2)15(8-9-15)10-16-12(3)13-6-4-5-7-14(13)17/h4-7,11-12,16-17H,8-10H2,1-3H3. The van der Waals surface area contributed by atoms with E-state index in [0.717, 1.165) is 18.0 Å². The molecule has 0 aromatic heterocycles. The SMILES string of the molecule is CC(NCC1(C(C)C)CC1)c1ccccc1O. The predicted octanol–water partition coefficient (Wildman–Crippen LogP) is 3.48. The highest BCUT2D eigenvalue weighted by Crippen LogP contribution is 2.51. The highest BCUT2D eigenvalue weighted by molar-refractivity contribution is 5.34. The molecule has 0 radical (unpaired) electrons. The van der Waals surface area contributed by atoms with Gasteiger partial charge in [0.1, 0.15) is 5.75 Å².